The van der Waals surface area contributed by atoms with Crippen molar-refractivity contribution in [2.45, 2.75) is 29.1 Å². The van der Waals surface area contributed by atoms with Crippen LogP contribution in [0.25, 0.3) is 48.7 Å². The Morgan fingerprint density at radius 3 is 1.97 bits per heavy atom. The zero-order valence-electron chi connectivity index (χ0n) is 38.2. The molecule has 1 unspecified atom stereocenters. The molecule has 9 aromatic rings. The van der Waals surface area contributed by atoms with Gasteiger partial charge in [-0.15, -0.1) is 0 Å². The predicted molar refractivity (Wildman–Crippen MR) is 289 cm³/mol. The fraction of sp³-hybridized carbons (Fsp3) is 0.0806. The van der Waals surface area contributed by atoms with Crippen molar-refractivity contribution in [3.63, 3.8) is 0 Å². The molecule has 0 aliphatic heterocycles. The molecule has 1 atom stereocenters. The first-order valence-corrected chi connectivity index (χ1v) is 24.2. The van der Waals surface area contributed by atoms with Crippen molar-refractivity contribution in [2.24, 2.45) is 0 Å². The van der Waals surface area contributed by atoms with Crippen molar-refractivity contribution in [3.8, 4) is 28.0 Å². The molecule has 0 radical (unpaired) electrons. The third kappa shape index (κ3) is 9.26. The number of fused-ring (bicyclic) bond motifs is 5. The van der Waals surface area contributed by atoms with Crippen LogP contribution in [0.5, 0.6) is 5.75 Å². The van der Waals surface area contributed by atoms with Gasteiger partial charge in [0.1, 0.15) is 19.0 Å². The van der Waals surface area contributed by atoms with E-state index >= 15 is 0 Å². The molecule has 4 nitrogen and oxygen atoms in total. The smallest absolute Gasteiger partial charge is 0.330 e. The first kappa shape index (κ1) is 45.6. The van der Waals surface area contributed by atoms with E-state index in [4.69, 9.17) is 15.2 Å². The number of rotatable bonds is 13. The number of thioether (sulfide) groups is 2. The third-order valence-corrected chi connectivity index (χ3v) is 14.4. The Bertz CT molecular complexity index is 3360. The number of hydrogen-bond acceptors (Lipinski definition) is 6. The van der Waals surface area contributed by atoms with Crippen molar-refractivity contribution in [2.75, 3.05) is 18.9 Å². The Balaban J connectivity index is 0.000000515. The van der Waals surface area contributed by atoms with Gasteiger partial charge in [-0.25, -0.2) is 4.79 Å². The molecule has 0 heterocycles. The molecular weight excluding hydrogens is 871 g/mol. The summed E-state index contributed by atoms with van der Waals surface area (Å²) in [5, 5.41) is 6.40. The number of aryl methyl sites for hydroxylation is 2. The Morgan fingerprint density at radius 2 is 1.24 bits per heavy atom. The van der Waals surface area contributed by atoms with Crippen LogP contribution in [-0.4, -0.2) is 19.2 Å². The number of para-hydroxylation sites is 1. The molecule has 0 saturated carbocycles. The minimum atomic E-state index is -0.643. The monoisotopic (exact) mass is 921 g/mol. The quantitative estimate of drug-likeness (QED) is 0.0409. The molecule has 0 aromatic heterocycles. The van der Waals surface area contributed by atoms with Crippen molar-refractivity contribution in [1.82, 2.24) is 0 Å². The molecule has 0 spiro atoms. The highest BCUT2D eigenvalue weighted by Crippen LogP contribution is 2.58. The number of benzene rings is 9. The van der Waals surface area contributed by atoms with Gasteiger partial charge < -0.3 is 15.2 Å². The topological polar surface area (TPSA) is 61.5 Å². The fourth-order valence-electron chi connectivity index (χ4n) is 9.08. The van der Waals surface area contributed by atoms with E-state index in [1.54, 1.807) is 23.5 Å². The number of ether oxygens (including phenoxy) is 2. The standard InChI is InChI=1S/C53H41NO3S.C9H10S/c1-4-52(55)57-28-27-56-45-25-20-40-29-44(24-19-41(40)30-45)53(43-22-17-36(18-23-43)35(3)58-51-12-8-7-11-50(51)54)48-26-21-42(37-15-13-34(2)14-16-37)32-46(48)47-31-38-9-5-6-10-39(38)33-49(47)53;1-3-10-9-7-5-4-6-8(9)2/h4-26,29-33H,1,3,27-28,54H2,2H3;3-7H,1H2,2H3. The lowest BCUT2D eigenvalue weighted by atomic mass is 9.67. The van der Waals surface area contributed by atoms with Gasteiger partial charge in [-0.3, -0.25) is 0 Å². The van der Waals surface area contributed by atoms with Gasteiger partial charge in [0, 0.05) is 26.5 Å². The lowest BCUT2D eigenvalue weighted by molar-refractivity contribution is -0.138. The van der Waals surface area contributed by atoms with Crippen LogP contribution < -0.4 is 10.5 Å². The van der Waals surface area contributed by atoms with Crippen molar-refractivity contribution in [3.05, 3.63) is 258 Å². The first-order valence-electron chi connectivity index (χ1n) is 22.5. The molecule has 0 bridgehead atoms. The molecule has 1 aliphatic rings. The van der Waals surface area contributed by atoms with Crippen LogP contribution in [0.15, 0.2) is 229 Å². The zero-order valence-corrected chi connectivity index (χ0v) is 39.8. The highest BCUT2D eigenvalue weighted by Gasteiger charge is 2.46. The molecule has 9 aromatic carbocycles. The molecule has 68 heavy (non-hydrogen) atoms. The Labute approximate surface area is 407 Å². The maximum absolute atomic E-state index is 11.5. The summed E-state index contributed by atoms with van der Waals surface area (Å²) in [4.78, 5) is 14.7. The zero-order chi connectivity index (χ0) is 47.2. The summed E-state index contributed by atoms with van der Waals surface area (Å²) < 4.78 is 11.1. The molecule has 334 valence electrons. The summed E-state index contributed by atoms with van der Waals surface area (Å²) >= 11 is 3.26. The van der Waals surface area contributed by atoms with Gasteiger partial charge >= 0.3 is 5.97 Å². The maximum Gasteiger partial charge on any atom is 0.330 e. The average Bonchev–Trinajstić information content (AvgIpc) is 3.65. The van der Waals surface area contributed by atoms with Gasteiger partial charge in [0.2, 0.25) is 0 Å². The van der Waals surface area contributed by atoms with Gasteiger partial charge in [0.25, 0.3) is 0 Å². The molecule has 2 N–H and O–H groups in total. The van der Waals surface area contributed by atoms with Gasteiger partial charge in [0.15, 0.2) is 0 Å². The fourth-order valence-corrected chi connectivity index (χ4v) is 10.5. The number of anilines is 1. The normalized spacial score (nSPS) is 13.4. The largest absolute Gasteiger partial charge is 0.490 e. The second kappa shape index (κ2) is 20.2. The number of hydrogen-bond donors (Lipinski definition) is 1. The van der Waals surface area contributed by atoms with Crippen LogP contribution in [0.1, 0.15) is 38.9 Å². The second-order valence-electron chi connectivity index (χ2n) is 16.8. The number of nitrogens with two attached hydrogens (primary N) is 1. The maximum atomic E-state index is 11.5. The van der Waals surface area contributed by atoms with E-state index in [1.807, 2.05) is 53.9 Å². The van der Waals surface area contributed by atoms with Crippen LogP contribution in [0, 0.1) is 13.8 Å². The van der Waals surface area contributed by atoms with Crippen LogP contribution in [0.3, 0.4) is 0 Å². The van der Waals surface area contributed by atoms with Crippen LogP contribution in [0.4, 0.5) is 5.69 Å². The lowest BCUT2D eigenvalue weighted by Crippen LogP contribution is -2.28. The minimum absolute atomic E-state index is 0.147. The Kier molecular flexibility index (Phi) is 13.5. The summed E-state index contributed by atoms with van der Waals surface area (Å²) in [6, 6.07) is 67.2. The summed E-state index contributed by atoms with van der Waals surface area (Å²) in [6.45, 7) is 16.2. The van der Waals surface area contributed by atoms with E-state index in [0.29, 0.717) is 5.75 Å². The Hall–Kier alpha value is -7.51. The van der Waals surface area contributed by atoms with Gasteiger partial charge in [0.05, 0.1) is 5.41 Å². The molecular formula is C62H51NO3S2. The van der Waals surface area contributed by atoms with E-state index in [-0.39, 0.29) is 13.2 Å². The molecule has 10 rings (SSSR count). The molecule has 1 aliphatic carbocycles. The summed E-state index contributed by atoms with van der Waals surface area (Å²) in [7, 11) is 0. The van der Waals surface area contributed by atoms with Gasteiger partial charge in [-0.05, 0) is 151 Å². The van der Waals surface area contributed by atoms with E-state index in [0.717, 1.165) is 37.9 Å². The summed E-state index contributed by atoms with van der Waals surface area (Å²) in [5.74, 6) is 0.246. The van der Waals surface area contributed by atoms with Crippen LogP contribution in [0.2, 0.25) is 0 Å². The Morgan fingerprint density at radius 1 is 0.603 bits per heavy atom. The van der Waals surface area contributed by atoms with Crippen molar-refractivity contribution >= 4 is 61.6 Å². The molecule has 0 amide bonds. The van der Waals surface area contributed by atoms with E-state index in [9.17, 15) is 4.79 Å². The SMILES string of the molecule is C=CC(=O)OCCOc1ccc2cc(C3(c4ccc(C(=C)Sc5ccccc5N)cc4)c4ccc(-c5ccc(C)cc5)cc4-c4cc5ccccc5cc43)ccc2c1.C=CSc1ccccc1C. The van der Waals surface area contributed by atoms with E-state index < -0.39 is 11.4 Å². The van der Waals surface area contributed by atoms with Gasteiger partial charge in [-0.1, -0.05) is 182 Å². The third-order valence-electron chi connectivity index (χ3n) is 12.5. The van der Waals surface area contributed by atoms with Crippen LogP contribution in [-0.2, 0) is 14.9 Å². The number of esters is 1. The van der Waals surface area contributed by atoms with Crippen molar-refractivity contribution < 1.29 is 14.3 Å². The van der Waals surface area contributed by atoms with Crippen LogP contribution >= 0.6 is 23.5 Å². The second-order valence-corrected chi connectivity index (χ2v) is 18.9. The summed E-state index contributed by atoms with van der Waals surface area (Å²) in [6.07, 6.45) is 1.15. The highest BCUT2D eigenvalue weighted by molar-refractivity contribution is 8.08. The minimum Gasteiger partial charge on any atom is -0.490 e. The number of carbonyl (C=O) groups excluding carboxylic acids is 1. The average molecular weight is 922 g/mol. The number of nitrogen functional groups attached to an aromatic ring is 1. The number of carbonyl (C=O) groups is 1. The lowest BCUT2D eigenvalue weighted by Gasteiger charge is -2.34. The predicted octanol–water partition coefficient (Wildman–Crippen LogP) is 16.0. The van der Waals surface area contributed by atoms with Gasteiger partial charge in [-0.2, -0.15) is 0 Å². The first-order chi connectivity index (χ1) is 33.2. The van der Waals surface area contributed by atoms with Crippen molar-refractivity contribution in [1.29, 1.82) is 0 Å². The van der Waals surface area contributed by atoms with E-state index in [2.05, 4.69) is 173 Å². The molecule has 0 fully saturated rings. The van der Waals surface area contributed by atoms with E-state index in [1.165, 1.54) is 71.3 Å². The molecule has 0 saturated heterocycles. The highest BCUT2D eigenvalue weighted by atomic mass is 32.2. The summed E-state index contributed by atoms with van der Waals surface area (Å²) in [5.41, 5.74) is 19.7. The molecule has 6 heteroatoms.